The van der Waals surface area contributed by atoms with Crippen LogP contribution < -0.4 is 5.32 Å². The number of hydrogen-bond donors (Lipinski definition) is 1. The van der Waals surface area contributed by atoms with Gasteiger partial charge in [0.1, 0.15) is 0 Å². The van der Waals surface area contributed by atoms with E-state index in [1.165, 1.54) is 26.5 Å². The van der Waals surface area contributed by atoms with E-state index in [4.69, 9.17) is 0 Å². The van der Waals surface area contributed by atoms with Crippen LogP contribution in [0.2, 0.25) is 0 Å². The lowest BCUT2D eigenvalue weighted by molar-refractivity contribution is 0.584. The third-order valence-electron chi connectivity index (χ3n) is 3.29. The Balaban J connectivity index is 2.28. The van der Waals surface area contributed by atoms with Crippen molar-refractivity contribution in [2.45, 2.75) is 50.1 Å². The highest BCUT2D eigenvalue weighted by Crippen LogP contribution is 2.34. The predicted octanol–water partition coefficient (Wildman–Crippen LogP) is 5.72. The predicted molar refractivity (Wildman–Crippen MR) is 96.2 cm³/mol. The third kappa shape index (κ3) is 4.87. The Bertz CT molecular complexity index is 623. The van der Waals surface area contributed by atoms with E-state index in [1.807, 2.05) is 11.8 Å². The minimum atomic E-state index is 0.488. The number of rotatable bonds is 5. The average molecular weight is 364 g/mol. The monoisotopic (exact) mass is 363 g/mol. The molecule has 0 saturated heterocycles. The van der Waals surface area contributed by atoms with Crippen LogP contribution in [0.4, 0.5) is 0 Å². The van der Waals surface area contributed by atoms with Crippen LogP contribution in [-0.2, 0) is 6.54 Å². The molecule has 0 fully saturated rings. The van der Waals surface area contributed by atoms with E-state index in [9.17, 15) is 0 Å². The number of aryl methyl sites for hydroxylation is 2. The Labute approximate surface area is 140 Å². The molecule has 112 valence electrons. The second-order valence-corrected chi connectivity index (χ2v) is 7.66. The number of nitrogens with one attached hydrogen (secondary N) is 1. The average Bonchev–Trinajstić information content (AvgIpc) is 2.43. The van der Waals surface area contributed by atoms with Crippen molar-refractivity contribution in [3.05, 3.63) is 57.6 Å². The van der Waals surface area contributed by atoms with Crippen LogP contribution in [0.5, 0.6) is 0 Å². The second-order valence-electron chi connectivity index (χ2n) is 5.66. The molecule has 0 bridgehead atoms. The van der Waals surface area contributed by atoms with Crippen molar-refractivity contribution in [1.82, 2.24) is 5.32 Å². The van der Waals surface area contributed by atoms with Crippen molar-refractivity contribution in [3.8, 4) is 0 Å². The molecule has 0 amide bonds. The van der Waals surface area contributed by atoms with Crippen molar-refractivity contribution in [3.63, 3.8) is 0 Å². The Kier molecular flexibility index (Phi) is 5.91. The number of benzene rings is 2. The lowest BCUT2D eigenvalue weighted by Gasteiger charge is -2.14. The molecule has 0 radical (unpaired) electrons. The SMILES string of the molecule is Cc1ccc(C)c(Sc2ccc(Br)cc2CNC(C)C)c1. The van der Waals surface area contributed by atoms with E-state index < -0.39 is 0 Å². The maximum atomic E-state index is 3.58. The first-order chi connectivity index (χ1) is 9.95. The Morgan fingerprint density at radius 1 is 1.05 bits per heavy atom. The molecule has 0 heterocycles. The van der Waals surface area contributed by atoms with E-state index in [0.717, 1.165) is 11.0 Å². The van der Waals surface area contributed by atoms with E-state index in [-0.39, 0.29) is 0 Å². The maximum absolute atomic E-state index is 3.58. The van der Waals surface area contributed by atoms with Gasteiger partial charge >= 0.3 is 0 Å². The highest BCUT2D eigenvalue weighted by atomic mass is 79.9. The van der Waals surface area contributed by atoms with Gasteiger partial charge in [0.05, 0.1) is 0 Å². The topological polar surface area (TPSA) is 12.0 Å². The number of hydrogen-bond acceptors (Lipinski definition) is 2. The van der Waals surface area contributed by atoms with Crippen LogP contribution in [0.15, 0.2) is 50.7 Å². The van der Waals surface area contributed by atoms with Gasteiger partial charge in [0, 0.05) is 26.9 Å². The van der Waals surface area contributed by atoms with Crippen LogP contribution in [0.3, 0.4) is 0 Å². The van der Waals surface area contributed by atoms with Crippen molar-refractivity contribution < 1.29 is 0 Å². The van der Waals surface area contributed by atoms with Crippen molar-refractivity contribution in [1.29, 1.82) is 0 Å². The molecule has 2 rings (SSSR count). The van der Waals surface area contributed by atoms with Gasteiger partial charge in [0.2, 0.25) is 0 Å². The van der Waals surface area contributed by atoms with Gasteiger partial charge in [0.25, 0.3) is 0 Å². The Morgan fingerprint density at radius 3 is 2.52 bits per heavy atom. The summed E-state index contributed by atoms with van der Waals surface area (Å²) in [6.07, 6.45) is 0. The van der Waals surface area contributed by atoms with Gasteiger partial charge in [-0.1, -0.05) is 53.7 Å². The van der Waals surface area contributed by atoms with Crippen LogP contribution in [-0.4, -0.2) is 6.04 Å². The Hall–Kier alpha value is -0.770. The van der Waals surface area contributed by atoms with E-state index >= 15 is 0 Å². The largest absolute Gasteiger partial charge is 0.310 e. The van der Waals surface area contributed by atoms with Crippen molar-refractivity contribution >= 4 is 27.7 Å². The maximum Gasteiger partial charge on any atom is 0.0219 e. The zero-order valence-electron chi connectivity index (χ0n) is 13.0. The number of halogens is 1. The zero-order valence-corrected chi connectivity index (χ0v) is 15.4. The molecule has 0 saturated carbocycles. The first-order valence-electron chi connectivity index (χ1n) is 7.22. The molecular formula is C18H22BrNS. The van der Waals surface area contributed by atoms with E-state index in [1.54, 1.807) is 0 Å². The van der Waals surface area contributed by atoms with Crippen LogP contribution in [0.25, 0.3) is 0 Å². The molecule has 0 aliphatic rings. The molecule has 2 aromatic carbocycles. The minimum Gasteiger partial charge on any atom is -0.310 e. The fraction of sp³-hybridized carbons (Fsp3) is 0.333. The normalized spacial score (nSPS) is 11.1. The third-order valence-corrected chi connectivity index (χ3v) is 5.06. The molecular weight excluding hydrogens is 342 g/mol. The van der Waals surface area contributed by atoms with Crippen LogP contribution in [0.1, 0.15) is 30.5 Å². The van der Waals surface area contributed by atoms with Gasteiger partial charge < -0.3 is 5.32 Å². The summed E-state index contributed by atoms with van der Waals surface area (Å²) in [6, 6.07) is 13.7. The molecule has 3 heteroatoms. The summed E-state index contributed by atoms with van der Waals surface area (Å²) in [5.74, 6) is 0. The van der Waals surface area contributed by atoms with Crippen LogP contribution in [0, 0.1) is 13.8 Å². The molecule has 0 aliphatic carbocycles. The fourth-order valence-corrected chi connectivity index (χ4v) is 3.55. The minimum absolute atomic E-state index is 0.488. The first kappa shape index (κ1) is 16.6. The molecule has 0 aromatic heterocycles. The summed E-state index contributed by atoms with van der Waals surface area (Å²) in [5, 5.41) is 3.51. The summed E-state index contributed by atoms with van der Waals surface area (Å²) >= 11 is 5.43. The van der Waals surface area contributed by atoms with Gasteiger partial charge in [-0.05, 0) is 54.8 Å². The van der Waals surface area contributed by atoms with E-state index in [0.29, 0.717) is 6.04 Å². The highest BCUT2D eigenvalue weighted by Gasteiger charge is 2.08. The molecule has 0 aliphatic heterocycles. The van der Waals surface area contributed by atoms with Gasteiger partial charge in [-0.2, -0.15) is 0 Å². The standard InChI is InChI=1S/C18H22BrNS/c1-12(2)20-11-15-10-16(19)7-8-17(15)21-18-9-13(3)5-6-14(18)4/h5-10,12,20H,11H2,1-4H3. The quantitative estimate of drug-likeness (QED) is 0.729. The fourth-order valence-electron chi connectivity index (χ4n) is 2.04. The summed E-state index contributed by atoms with van der Waals surface area (Å²) in [4.78, 5) is 2.66. The summed E-state index contributed by atoms with van der Waals surface area (Å²) in [5.41, 5.74) is 3.97. The highest BCUT2D eigenvalue weighted by molar-refractivity contribution is 9.10. The molecule has 2 aromatic rings. The van der Waals surface area contributed by atoms with Crippen molar-refractivity contribution in [2.24, 2.45) is 0 Å². The first-order valence-corrected chi connectivity index (χ1v) is 8.83. The molecule has 21 heavy (non-hydrogen) atoms. The molecule has 1 nitrogen and oxygen atoms in total. The second kappa shape index (κ2) is 7.48. The van der Waals surface area contributed by atoms with Gasteiger partial charge in [-0.15, -0.1) is 0 Å². The lowest BCUT2D eigenvalue weighted by Crippen LogP contribution is -2.22. The summed E-state index contributed by atoms with van der Waals surface area (Å²) in [7, 11) is 0. The Morgan fingerprint density at radius 2 is 1.81 bits per heavy atom. The van der Waals surface area contributed by atoms with E-state index in [2.05, 4.69) is 85.3 Å². The smallest absolute Gasteiger partial charge is 0.0219 e. The molecule has 0 unspecified atom stereocenters. The summed E-state index contributed by atoms with van der Waals surface area (Å²) in [6.45, 7) is 9.56. The van der Waals surface area contributed by atoms with Gasteiger partial charge in [-0.25, -0.2) is 0 Å². The molecule has 1 N–H and O–H groups in total. The molecule has 0 spiro atoms. The van der Waals surface area contributed by atoms with Crippen LogP contribution >= 0.6 is 27.7 Å². The van der Waals surface area contributed by atoms with Gasteiger partial charge in [-0.3, -0.25) is 0 Å². The summed E-state index contributed by atoms with van der Waals surface area (Å²) < 4.78 is 1.13. The molecule has 0 atom stereocenters. The van der Waals surface area contributed by atoms with Crippen molar-refractivity contribution in [2.75, 3.05) is 0 Å². The van der Waals surface area contributed by atoms with Gasteiger partial charge in [0.15, 0.2) is 0 Å². The lowest BCUT2D eigenvalue weighted by atomic mass is 10.2. The zero-order chi connectivity index (χ0) is 15.4.